The number of hydrogen-bond donors (Lipinski definition) is 1. The van der Waals surface area contributed by atoms with Crippen molar-refractivity contribution in [2.24, 2.45) is 0 Å². The summed E-state index contributed by atoms with van der Waals surface area (Å²) in [6, 6.07) is 8.94. The molecular formula is C15H23ClN2O. The van der Waals surface area contributed by atoms with Gasteiger partial charge in [0, 0.05) is 36.7 Å². The van der Waals surface area contributed by atoms with Crippen molar-refractivity contribution in [3.63, 3.8) is 0 Å². The third-order valence-electron chi connectivity index (χ3n) is 3.47. The van der Waals surface area contributed by atoms with E-state index >= 15 is 0 Å². The van der Waals surface area contributed by atoms with E-state index in [2.05, 4.69) is 36.2 Å². The van der Waals surface area contributed by atoms with Crippen LogP contribution in [-0.4, -0.2) is 43.8 Å². The zero-order valence-corrected chi connectivity index (χ0v) is 12.5. The van der Waals surface area contributed by atoms with Crippen LogP contribution < -0.4 is 5.32 Å². The summed E-state index contributed by atoms with van der Waals surface area (Å²) in [5.74, 6) is 0. The SMILES string of the molecule is CC(C)NCC(c1ccccc1Cl)N1CCOCC1. The lowest BCUT2D eigenvalue weighted by atomic mass is 10.0. The predicted octanol–water partition coefficient (Wildman–Crippen LogP) is 2.71. The van der Waals surface area contributed by atoms with Crippen molar-refractivity contribution in [1.82, 2.24) is 10.2 Å². The number of halogens is 1. The highest BCUT2D eigenvalue weighted by atomic mass is 35.5. The largest absolute Gasteiger partial charge is 0.379 e. The van der Waals surface area contributed by atoms with Gasteiger partial charge in [-0.25, -0.2) is 0 Å². The fourth-order valence-corrected chi connectivity index (χ4v) is 2.68. The monoisotopic (exact) mass is 282 g/mol. The molecule has 1 aromatic carbocycles. The Morgan fingerprint density at radius 3 is 2.58 bits per heavy atom. The Labute approximate surface area is 120 Å². The topological polar surface area (TPSA) is 24.5 Å². The van der Waals surface area contributed by atoms with Crippen LogP contribution in [0.15, 0.2) is 24.3 Å². The molecule has 1 unspecified atom stereocenters. The standard InChI is InChI=1S/C15H23ClN2O/c1-12(2)17-11-15(18-7-9-19-10-8-18)13-5-3-4-6-14(13)16/h3-6,12,15,17H,7-11H2,1-2H3. The van der Waals surface area contributed by atoms with Crippen molar-refractivity contribution in [2.75, 3.05) is 32.8 Å². The van der Waals surface area contributed by atoms with Crippen molar-refractivity contribution in [3.8, 4) is 0 Å². The van der Waals surface area contributed by atoms with Crippen LogP contribution in [0.5, 0.6) is 0 Å². The molecule has 1 heterocycles. The molecule has 0 amide bonds. The molecular weight excluding hydrogens is 260 g/mol. The first-order chi connectivity index (χ1) is 9.18. The molecule has 0 saturated carbocycles. The van der Waals surface area contributed by atoms with E-state index < -0.39 is 0 Å². The lowest BCUT2D eigenvalue weighted by Gasteiger charge is -2.35. The van der Waals surface area contributed by atoms with E-state index in [1.54, 1.807) is 0 Å². The highest BCUT2D eigenvalue weighted by Crippen LogP contribution is 2.27. The van der Waals surface area contributed by atoms with Gasteiger partial charge in [0.2, 0.25) is 0 Å². The number of hydrogen-bond acceptors (Lipinski definition) is 3. The molecule has 0 aliphatic carbocycles. The van der Waals surface area contributed by atoms with E-state index in [4.69, 9.17) is 16.3 Å². The minimum absolute atomic E-state index is 0.319. The number of ether oxygens (including phenoxy) is 1. The Morgan fingerprint density at radius 1 is 1.26 bits per heavy atom. The van der Waals surface area contributed by atoms with Gasteiger partial charge in [-0.3, -0.25) is 4.90 Å². The fraction of sp³-hybridized carbons (Fsp3) is 0.600. The van der Waals surface area contributed by atoms with E-state index in [1.165, 1.54) is 5.56 Å². The van der Waals surface area contributed by atoms with Crippen molar-refractivity contribution in [3.05, 3.63) is 34.9 Å². The van der Waals surface area contributed by atoms with E-state index in [0.29, 0.717) is 12.1 Å². The summed E-state index contributed by atoms with van der Waals surface area (Å²) >= 11 is 6.37. The van der Waals surface area contributed by atoms with Gasteiger partial charge in [0.05, 0.1) is 13.2 Å². The molecule has 1 N–H and O–H groups in total. The molecule has 4 heteroatoms. The van der Waals surface area contributed by atoms with Crippen LogP contribution in [0.2, 0.25) is 5.02 Å². The molecule has 1 aromatic rings. The molecule has 19 heavy (non-hydrogen) atoms. The lowest BCUT2D eigenvalue weighted by Crippen LogP contribution is -2.44. The Bertz CT molecular complexity index is 391. The molecule has 0 spiro atoms. The minimum atomic E-state index is 0.319. The molecule has 2 rings (SSSR count). The molecule has 3 nitrogen and oxygen atoms in total. The van der Waals surface area contributed by atoms with Crippen LogP contribution in [0.1, 0.15) is 25.5 Å². The fourth-order valence-electron chi connectivity index (χ4n) is 2.42. The zero-order valence-electron chi connectivity index (χ0n) is 11.7. The van der Waals surface area contributed by atoms with Gasteiger partial charge in [-0.1, -0.05) is 43.6 Å². The van der Waals surface area contributed by atoms with E-state index in [0.717, 1.165) is 37.9 Å². The van der Waals surface area contributed by atoms with Gasteiger partial charge in [-0.2, -0.15) is 0 Å². The second-order valence-corrected chi connectivity index (χ2v) is 5.66. The molecule has 0 bridgehead atoms. The highest BCUT2D eigenvalue weighted by Gasteiger charge is 2.24. The van der Waals surface area contributed by atoms with Crippen molar-refractivity contribution >= 4 is 11.6 Å². The van der Waals surface area contributed by atoms with Crippen LogP contribution in [-0.2, 0) is 4.74 Å². The number of rotatable bonds is 5. The summed E-state index contributed by atoms with van der Waals surface area (Å²) in [5, 5.41) is 4.38. The molecule has 1 aliphatic rings. The first kappa shape index (κ1) is 14.8. The number of nitrogens with zero attached hydrogens (tertiary/aromatic N) is 1. The van der Waals surface area contributed by atoms with E-state index in [9.17, 15) is 0 Å². The summed E-state index contributed by atoms with van der Waals surface area (Å²) in [7, 11) is 0. The quantitative estimate of drug-likeness (QED) is 0.899. The highest BCUT2D eigenvalue weighted by molar-refractivity contribution is 6.31. The van der Waals surface area contributed by atoms with Crippen LogP contribution in [0.3, 0.4) is 0 Å². The van der Waals surface area contributed by atoms with Crippen molar-refractivity contribution in [1.29, 1.82) is 0 Å². The average Bonchev–Trinajstić information content (AvgIpc) is 2.42. The molecule has 1 fully saturated rings. The summed E-state index contributed by atoms with van der Waals surface area (Å²) in [6.07, 6.45) is 0. The first-order valence-corrected chi connectivity index (χ1v) is 7.36. The summed E-state index contributed by atoms with van der Waals surface area (Å²) in [5.41, 5.74) is 1.21. The minimum Gasteiger partial charge on any atom is -0.379 e. The van der Waals surface area contributed by atoms with E-state index in [-0.39, 0.29) is 0 Å². The normalized spacial score (nSPS) is 18.7. The van der Waals surface area contributed by atoms with Gasteiger partial charge in [-0.05, 0) is 11.6 Å². The third kappa shape index (κ3) is 4.18. The van der Waals surface area contributed by atoms with Gasteiger partial charge < -0.3 is 10.1 Å². The molecule has 0 radical (unpaired) electrons. The maximum absolute atomic E-state index is 6.37. The molecule has 1 atom stereocenters. The van der Waals surface area contributed by atoms with Gasteiger partial charge in [0.1, 0.15) is 0 Å². The number of nitrogens with one attached hydrogen (secondary N) is 1. The summed E-state index contributed by atoms with van der Waals surface area (Å²) in [6.45, 7) is 8.81. The molecule has 1 aliphatic heterocycles. The zero-order chi connectivity index (χ0) is 13.7. The smallest absolute Gasteiger partial charge is 0.0594 e. The Balaban J connectivity index is 2.15. The Kier molecular flexibility index (Phi) is 5.64. The first-order valence-electron chi connectivity index (χ1n) is 6.98. The second kappa shape index (κ2) is 7.25. The van der Waals surface area contributed by atoms with Gasteiger partial charge in [0.25, 0.3) is 0 Å². The van der Waals surface area contributed by atoms with Crippen LogP contribution in [0.4, 0.5) is 0 Å². The van der Waals surface area contributed by atoms with Gasteiger partial charge >= 0.3 is 0 Å². The summed E-state index contributed by atoms with van der Waals surface area (Å²) in [4.78, 5) is 2.46. The molecule has 1 saturated heterocycles. The maximum Gasteiger partial charge on any atom is 0.0594 e. The van der Waals surface area contributed by atoms with Crippen LogP contribution >= 0.6 is 11.6 Å². The Hall–Kier alpha value is -0.610. The predicted molar refractivity (Wildman–Crippen MR) is 79.7 cm³/mol. The number of benzene rings is 1. The maximum atomic E-state index is 6.37. The Morgan fingerprint density at radius 2 is 1.95 bits per heavy atom. The van der Waals surface area contributed by atoms with Crippen molar-refractivity contribution in [2.45, 2.75) is 25.9 Å². The van der Waals surface area contributed by atoms with Gasteiger partial charge in [-0.15, -0.1) is 0 Å². The molecule has 0 aromatic heterocycles. The third-order valence-corrected chi connectivity index (χ3v) is 3.81. The average molecular weight is 283 g/mol. The lowest BCUT2D eigenvalue weighted by molar-refractivity contribution is 0.0158. The van der Waals surface area contributed by atoms with Crippen molar-refractivity contribution < 1.29 is 4.74 Å². The van der Waals surface area contributed by atoms with Crippen LogP contribution in [0, 0.1) is 0 Å². The van der Waals surface area contributed by atoms with Crippen LogP contribution in [0.25, 0.3) is 0 Å². The second-order valence-electron chi connectivity index (χ2n) is 5.25. The number of morpholine rings is 1. The van der Waals surface area contributed by atoms with Gasteiger partial charge in [0.15, 0.2) is 0 Å². The molecule has 106 valence electrons. The van der Waals surface area contributed by atoms with E-state index in [1.807, 2.05) is 12.1 Å². The summed E-state index contributed by atoms with van der Waals surface area (Å²) < 4.78 is 5.45.